The average molecular weight is 392 g/mol. The quantitative estimate of drug-likeness (QED) is 0.736. The Balaban J connectivity index is 2.00. The molecule has 2 rings (SSSR count). The maximum atomic E-state index is 13.0. The first-order chi connectivity index (χ1) is 12.4. The van der Waals surface area contributed by atoms with E-state index in [2.05, 4.69) is 9.97 Å². The summed E-state index contributed by atoms with van der Waals surface area (Å²) in [5.74, 6) is -0.526. The minimum absolute atomic E-state index is 0.121. The van der Waals surface area contributed by atoms with Crippen LogP contribution < -0.4 is 0 Å². The number of halogens is 4. The summed E-state index contributed by atoms with van der Waals surface area (Å²) in [4.78, 5) is 22.3. The maximum absolute atomic E-state index is 13.0. The molecular weight excluding hydrogens is 368 g/mol. The van der Waals surface area contributed by atoms with Gasteiger partial charge in [0, 0.05) is 19.1 Å². The maximum Gasteiger partial charge on any atom is 0.410 e. The van der Waals surface area contributed by atoms with Crippen LogP contribution in [0.1, 0.15) is 39.4 Å². The van der Waals surface area contributed by atoms with Gasteiger partial charge in [0.25, 0.3) is 0 Å². The molecule has 1 aliphatic heterocycles. The Labute approximate surface area is 155 Å². The summed E-state index contributed by atoms with van der Waals surface area (Å²) in [5, 5.41) is 0. The van der Waals surface area contributed by atoms with Crippen LogP contribution in [0, 0.1) is 5.82 Å². The van der Waals surface area contributed by atoms with Gasteiger partial charge in [-0.15, -0.1) is 0 Å². The van der Waals surface area contributed by atoms with E-state index in [-0.39, 0.29) is 18.4 Å². The Kier molecular flexibility index (Phi) is 6.61. The molecule has 0 saturated carbocycles. The molecule has 0 aliphatic carbocycles. The van der Waals surface area contributed by atoms with E-state index in [1.807, 2.05) is 0 Å². The lowest BCUT2D eigenvalue weighted by Gasteiger charge is -2.38. The van der Waals surface area contributed by atoms with Gasteiger partial charge in [0.15, 0.2) is 5.82 Å². The topological polar surface area (TPSA) is 58.6 Å². The zero-order valence-corrected chi connectivity index (χ0v) is 15.6. The van der Waals surface area contributed by atoms with Gasteiger partial charge in [-0.25, -0.2) is 19.2 Å². The largest absolute Gasteiger partial charge is 0.444 e. The molecule has 1 fully saturated rings. The molecule has 6 nitrogen and oxygen atoms in total. The van der Waals surface area contributed by atoms with Gasteiger partial charge in [-0.2, -0.15) is 13.2 Å². The van der Waals surface area contributed by atoms with Crippen LogP contribution in [0.4, 0.5) is 22.4 Å². The minimum Gasteiger partial charge on any atom is -0.444 e. The Bertz CT molecular complexity index is 623. The van der Waals surface area contributed by atoms with Crippen molar-refractivity contribution in [2.24, 2.45) is 0 Å². The summed E-state index contributed by atoms with van der Waals surface area (Å²) in [6.07, 6.45) is -2.25. The van der Waals surface area contributed by atoms with Gasteiger partial charge >= 0.3 is 12.3 Å². The van der Waals surface area contributed by atoms with E-state index >= 15 is 0 Å². The normalized spacial score (nSPS) is 16.7. The number of amides is 1. The average Bonchev–Trinajstić information content (AvgIpc) is 2.54. The highest BCUT2D eigenvalue weighted by atomic mass is 19.4. The third-order valence-corrected chi connectivity index (χ3v) is 4.03. The van der Waals surface area contributed by atoms with Crippen LogP contribution in [-0.2, 0) is 11.3 Å². The number of hydrogen-bond donors (Lipinski definition) is 0. The lowest BCUT2D eigenvalue weighted by Crippen LogP contribution is -2.49. The lowest BCUT2D eigenvalue weighted by molar-refractivity contribution is -0.154. The fourth-order valence-corrected chi connectivity index (χ4v) is 2.89. The van der Waals surface area contributed by atoms with Crippen LogP contribution in [-0.4, -0.2) is 63.3 Å². The molecular formula is C17H24F4N4O2. The zero-order chi connectivity index (χ0) is 20.2. The highest BCUT2D eigenvalue weighted by Gasteiger charge is 2.36. The molecule has 0 bridgehead atoms. The van der Waals surface area contributed by atoms with Gasteiger partial charge in [-0.05, 0) is 33.6 Å². The van der Waals surface area contributed by atoms with Crippen molar-refractivity contribution in [3.05, 3.63) is 24.0 Å². The van der Waals surface area contributed by atoms with Crippen molar-refractivity contribution < 1.29 is 27.1 Å². The SMILES string of the molecule is CC(C)(C)OC(=O)N1CCC(N(Cc2ncc(F)cn2)CC(F)(F)F)CC1. The van der Waals surface area contributed by atoms with Gasteiger partial charge in [0.1, 0.15) is 11.4 Å². The first-order valence-corrected chi connectivity index (χ1v) is 8.68. The van der Waals surface area contributed by atoms with Crippen LogP contribution in [0.2, 0.25) is 0 Å². The number of likely N-dealkylation sites (tertiary alicyclic amines) is 1. The van der Waals surface area contributed by atoms with Crippen LogP contribution in [0.15, 0.2) is 12.4 Å². The molecule has 27 heavy (non-hydrogen) atoms. The van der Waals surface area contributed by atoms with E-state index in [1.54, 1.807) is 20.8 Å². The van der Waals surface area contributed by atoms with Gasteiger partial charge in [-0.3, -0.25) is 4.90 Å². The van der Waals surface area contributed by atoms with E-state index in [0.717, 1.165) is 12.4 Å². The van der Waals surface area contributed by atoms with Crippen molar-refractivity contribution in [2.75, 3.05) is 19.6 Å². The second-order valence-corrected chi connectivity index (χ2v) is 7.54. The number of aromatic nitrogens is 2. The molecule has 0 radical (unpaired) electrons. The lowest BCUT2D eigenvalue weighted by atomic mass is 10.0. The first kappa shape index (κ1) is 21.3. The van der Waals surface area contributed by atoms with E-state index in [9.17, 15) is 22.4 Å². The Morgan fingerprint density at radius 2 is 1.78 bits per heavy atom. The van der Waals surface area contributed by atoms with Crippen molar-refractivity contribution in [1.29, 1.82) is 0 Å². The Hall–Kier alpha value is -1.97. The van der Waals surface area contributed by atoms with Gasteiger partial charge in [0.05, 0.1) is 25.5 Å². The Morgan fingerprint density at radius 3 is 2.26 bits per heavy atom. The number of piperidine rings is 1. The molecule has 0 spiro atoms. The second-order valence-electron chi connectivity index (χ2n) is 7.54. The summed E-state index contributed by atoms with van der Waals surface area (Å²) in [6.45, 7) is 4.61. The molecule has 0 unspecified atom stereocenters. The number of alkyl halides is 3. The molecule has 1 aromatic rings. The number of ether oxygens (including phenoxy) is 1. The van der Waals surface area contributed by atoms with Crippen molar-refractivity contribution in [1.82, 2.24) is 19.8 Å². The van der Waals surface area contributed by atoms with Crippen LogP contribution in [0.25, 0.3) is 0 Å². The molecule has 0 aromatic carbocycles. The molecule has 0 atom stereocenters. The number of rotatable bonds is 4. The summed E-state index contributed by atoms with van der Waals surface area (Å²) in [5.41, 5.74) is -0.629. The molecule has 1 saturated heterocycles. The second kappa shape index (κ2) is 8.37. The predicted molar refractivity (Wildman–Crippen MR) is 89.3 cm³/mol. The molecule has 1 aromatic heterocycles. The first-order valence-electron chi connectivity index (χ1n) is 8.68. The van der Waals surface area contributed by atoms with Crippen molar-refractivity contribution in [2.45, 2.75) is 58.0 Å². The van der Waals surface area contributed by atoms with Crippen LogP contribution >= 0.6 is 0 Å². The standard InChI is InChI=1S/C17H24F4N4O2/c1-16(2,3)27-15(26)24-6-4-13(5-7-24)25(11-17(19,20)21)10-14-22-8-12(18)9-23-14/h8-9,13H,4-7,10-11H2,1-3H3. The summed E-state index contributed by atoms with van der Waals surface area (Å²) < 4.78 is 57.2. The van der Waals surface area contributed by atoms with E-state index in [4.69, 9.17) is 4.74 Å². The number of carbonyl (C=O) groups excluding carboxylic acids is 1. The van der Waals surface area contributed by atoms with Crippen molar-refractivity contribution >= 4 is 6.09 Å². The molecule has 10 heteroatoms. The van der Waals surface area contributed by atoms with Gasteiger partial charge < -0.3 is 9.64 Å². The summed E-state index contributed by atoms with van der Waals surface area (Å²) in [7, 11) is 0. The Morgan fingerprint density at radius 1 is 1.22 bits per heavy atom. The minimum atomic E-state index is -4.39. The van der Waals surface area contributed by atoms with E-state index in [1.165, 1.54) is 9.80 Å². The van der Waals surface area contributed by atoms with Crippen LogP contribution in [0.5, 0.6) is 0 Å². The third-order valence-electron chi connectivity index (χ3n) is 4.03. The summed E-state index contributed by atoms with van der Waals surface area (Å²) >= 11 is 0. The smallest absolute Gasteiger partial charge is 0.410 e. The van der Waals surface area contributed by atoms with Gasteiger partial charge in [-0.1, -0.05) is 0 Å². The fourth-order valence-electron chi connectivity index (χ4n) is 2.89. The molecule has 1 amide bonds. The number of carbonyl (C=O) groups is 1. The highest BCUT2D eigenvalue weighted by molar-refractivity contribution is 5.68. The number of nitrogens with zero attached hydrogens (tertiary/aromatic N) is 4. The van der Waals surface area contributed by atoms with E-state index < -0.39 is 30.2 Å². The predicted octanol–water partition coefficient (Wildman–Crippen LogP) is 3.38. The van der Waals surface area contributed by atoms with Crippen LogP contribution in [0.3, 0.4) is 0 Å². The third kappa shape index (κ3) is 7.28. The number of hydrogen-bond acceptors (Lipinski definition) is 5. The fraction of sp³-hybridized carbons (Fsp3) is 0.706. The molecule has 152 valence electrons. The molecule has 0 N–H and O–H groups in total. The molecule has 2 heterocycles. The van der Waals surface area contributed by atoms with E-state index in [0.29, 0.717) is 25.9 Å². The summed E-state index contributed by atoms with van der Waals surface area (Å²) in [6, 6.07) is -0.390. The monoisotopic (exact) mass is 392 g/mol. The van der Waals surface area contributed by atoms with Crippen molar-refractivity contribution in [3.63, 3.8) is 0 Å². The van der Waals surface area contributed by atoms with Crippen molar-refractivity contribution in [3.8, 4) is 0 Å². The molecule has 1 aliphatic rings. The van der Waals surface area contributed by atoms with Gasteiger partial charge in [0.2, 0.25) is 0 Å². The highest BCUT2D eigenvalue weighted by Crippen LogP contribution is 2.25. The zero-order valence-electron chi connectivity index (χ0n) is 15.6.